The molecule has 6 heteroatoms. The van der Waals surface area contributed by atoms with E-state index in [1.54, 1.807) is 25.3 Å². The van der Waals surface area contributed by atoms with Crippen molar-refractivity contribution in [3.63, 3.8) is 0 Å². The molecule has 21 heavy (non-hydrogen) atoms. The van der Waals surface area contributed by atoms with Gasteiger partial charge in [-0.2, -0.15) is 0 Å². The zero-order valence-electron chi connectivity index (χ0n) is 12.9. The van der Waals surface area contributed by atoms with Crippen LogP contribution in [-0.4, -0.2) is 39.8 Å². The van der Waals surface area contributed by atoms with Crippen LogP contribution >= 0.6 is 12.4 Å². The average Bonchev–Trinajstić information content (AvgIpc) is 2.47. The molecule has 1 rings (SSSR count). The molecule has 0 aliphatic rings. The van der Waals surface area contributed by atoms with Crippen molar-refractivity contribution in [1.29, 1.82) is 0 Å². The lowest BCUT2D eigenvalue weighted by atomic mass is 10.2. The molecule has 0 aliphatic heterocycles. The fraction of sp³-hybridized carbons (Fsp3) is 0.533. The molecule has 0 heterocycles. The molecule has 5 nitrogen and oxygen atoms in total. The van der Waals surface area contributed by atoms with Crippen LogP contribution in [0.2, 0.25) is 0 Å². The predicted octanol–water partition coefficient (Wildman–Crippen LogP) is 2.25. The number of amides is 1. The topological polar surface area (TPSA) is 59.6 Å². The first-order chi connectivity index (χ1) is 9.72. The van der Waals surface area contributed by atoms with Crippen molar-refractivity contribution in [3.8, 4) is 11.5 Å². The van der Waals surface area contributed by atoms with Gasteiger partial charge in [0.15, 0.2) is 11.5 Å². The van der Waals surface area contributed by atoms with E-state index in [1.165, 1.54) is 0 Å². The van der Waals surface area contributed by atoms with Gasteiger partial charge >= 0.3 is 0 Å². The first-order valence-electron chi connectivity index (χ1n) is 6.96. The Hall–Kier alpha value is -1.46. The van der Waals surface area contributed by atoms with Crippen LogP contribution in [0.15, 0.2) is 18.2 Å². The van der Waals surface area contributed by atoms with Crippen LogP contribution < -0.4 is 20.1 Å². The van der Waals surface area contributed by atoms with Gasteiger partial charge in [0.25, 0.3) is 5.91 Å². The molecule has 0 aromatic heterocycles. The number of benzene rings is 1. The van der Waals surface area contributed by atoms with E-state index < -0.39 is 0 Å². The molecule has 0 aliphatic carbocycles. The van der Waals surface area contributed by atoms with Crippen LogP contribution in [0.5, 0.6) is 11.5 Å². The number of hydrogen-bond acceptors (Lipinski definition) is 4. The molecular formula is C15H25ClN2O3. The molecule has 120 valence electrons. The minimum absolute atomic E-state index is 0. The fourth-order valence-electron chi connectivity index (χ4n) is 1.66. The van der Waals surface area contributed by atoms with Crippen molar-refractivity contribution >= 4 is 18.3 Å². The smallest absolute Gasteiger partial charge is 0.251 e. The second kappa shape index (κ2) is 11.2. The summed E-state index contributed by atoms with van der Waals surface area (Å²) in [5.74, 6) is 1.15. The number of halogens is 1. The highest BCUT2D eigenvalue weighted by Gasteiger charge is 2.10. The summed E-state index contributed by atoms with van der Waals surface area (Å²) in [6.45, 7) is 4.09. The zero-order chi connectivity index (χ0) is 14.8. The third kappa shape index (κ3) is 6.69. The number of ether oxygens (including phenoxy) is 2. The van der Waals surface area contributed by atoms with E-state index >= 15 is 0 Å². The standard InChI is InChI=1S/C15H24N2O3.ClH/c1-4-5-10-20-13-7-6-12(11-14(13)19-3)15(18)17-9-8-16-2;/h6-7,11,16H,4-5,8-10H2,1-3H3,(H,17,18);1H. The number of rotatable bonds is 9. The minimum Gasteiger partial charge on any atom is -0.493 e. The molecule has 2 N–H and O–H groups in total. The molecule has 0 saturated carbocycles. The lowest BCUT2D eigenvalue weighted by Crippen LogP contribution is -2.30. The van der Waals surface area contributed by atoms with Crippen molar-refractivity contribution in [3.05, 3.63) is 23.8 Å². The molecule has 0 spiro atoms. The predicted molar refractivity (Wildman–Crippen MR) is 86.9 cm³/mol. The number of carbonyl (C=O) groups excluding carboxylic acids is 1. The summed E-state index contributed by atoms with van der Waals surface area (Å²) in [7, 11) is 3.42. The summed E-state index contributed by atoms with van der Waals surface area (Å²) in [4.78, 5) is 11.9. The lowest BCUT2D eigenvalue weighted by molar-refractivity contribution is 0.0953. The number of unbranched alkanes of at least 4 members (excludes halogenated alkanes) is 1. The molecule has 0 bridgehead atoms. The summed E-state index contributed by atoms with van der Waals surface area (Å²) in [6, 6.07) is 5.23. The number of nitrogens with one attached hydrogen (secondary N) is 2. The van der Waals surface area contributed by atoms with Gasteiger partial charge in [-0.15, -0.1) is 12.4 Å². The summed E-state index contributed by atoms with van der Waals surface area (Å²) in [5, 5.41) is 5.80. The molecule has 1 amide bonds. The molecule has 0 unspecified atom stereocenters. The van der Waals surface area contributed by atoms with Crippen molar-refractivity contribution in [1.82, 2.24) is 10.6 Å². The molecule has 1 aromatic rings. The third-order valence-electron chi connectivity index (χ3n) is 2.84. The maximum atomic E-state index is 11.9. The minimum atomic E-state index is -0.112. The fourth-order valence-corrected chi connectivity index (χ4v) is 1.66. The molecular weight excluding hydrogens is 292 g/mol. The van der Waals surface area contributed by atoms with Gasteiger partial charge in [0.1, 0.15) is 0 Å². The Morgan fingerprint density at radius 3 is 2.62 bits per heavy atom. The second-order valence-corrected chi connectivity index (χ2v) is 4.43. The van der Waals surface area contributed by atoms with Crippen LogP contribution in [0.25, 0.3) is 0 Å². The molecule has 0 atom stereocenters. The van der Waals surface area contributed by atoms with Gasteiger partial charge in [0.2, 0.25) is 0 Å². The van der Waals surface area contributed by atoms with Gasteiger partial charge in [0.05, 0.1) is 13.7 Å². The van der Waals surface area contributed by atoms with Crippen molar-refractivity contribution < 1.29 is 14.3 Å². The first-order valence-corrected chi connectivity index (χ1v) is 6.96. The number of likely N-dealkylation sites (N-methyl/N-ethyl adjacent to an activating group) is 1. The van der Waals surface area contributed by atoms with E-state index in [-0.39, 0.29) is 18.3 Å². The monoisotopic (exact) mass is 316 g/mol. The third-order valence-corrected chi connectivity index (χ3v) is 2.84. The summed E-state index contributed by atoms with van der Waals surface area (Å²) >= 11 is 0. The van der Waals surface area contributed by atoms with Crippen LogP contribution in [0.3, 0.4) is 0 Å². The van der Waals surface area contributed by atoms with Gasteiger partial charge in [0, 0.05) is 18.7 Å². The zero-order valence-corrected chi connectivity index (χ0v) is 13.7. The van der Waals surface area contributed by atoms with Gasteiger partial charge in [-0.25, -0.2) is 0 Å². The Labute approximate surface area is 132 Å². The number of carbonyl (C=O) groups is 1. The van der Waals surface area contributed by atoms with E-state index in [1.807, 2.05) is 7.05 Å². The summed E-state index contributed by atoms with van der Waals surface area (Å²) in [6.07, 6.45) is 2.07. The summed E-state index contributed by atoms with van der Waals surface area (Å²) < 4.78 is 10.9. The van der Waals surface area contributed by atoms with Gasteiger partial charge < -0.3 is 20.1 Å². The SMILES string of the molecule is CCCCOc1ccc(C(=O)NCCNC)cc1OC.Cl. The van der Waals surface area contributed by atoms with Crippen molar-refractivity contribution in [2.24, 2.45) is 0 Å². The van der Waals surface area contributed by atoms with Crippen LogP contribution in [0, 0.1) is 0 Å². The normalized spacial score (nSPS) is 9.67. The van der Waals surface area contributed by atoms with Gasteiger partial charge in [-0.3, -0.25) is 4.79 Å². The highest BCUT2D eigenvalue weighted by Crippen LogP contribution is 2.28. The summed E-state index contributed by atoms with van der Waals surface area (Å²) in [5.41, 5.74) is 0.570. The van der Waals surface area contributed by atoms with Crippen molar-refractivity contribution in [2.75, 3.05) is 33.9 Å². The molecule has 1 aromatic carbocycles. The Morgan fingerprint density at radius 1 is 1.24 bits per heavy atom. The quantitative estimate of drug-likeness (QED) is 0.686. The maximum absolute atomic E-state index is 11.9. The molecule has 0 saturated heterocycles. The second-order valence-electron chi connectivity index (χ2n) is 4.43. The Balaban J connectivity index is 0.00000400. The Kier molecular flexibility index (Phi) is 10.4. The largest absolute Gasteiger partial charge is 0.493 e. The van der Waals surface area contributed by atoms with Crippen LogP contribution in [0.1, 0.15) is 30.1 Å². The number of methoxy groups -OCH3 is 1. The molecule has 0 radical (unpaired) electrons. The van der Waals surface area contributed by atoms with E-state index in [2.05, 4.69) is 17.6 Å². The Morgan fingerprint density at radius 2 is 2.00 bits per heavy atom. The van der Waals surface area contributed by atoms with Gasteiger partial charge in [-0.1, -0.05) is 13.3 Å². The average molecular weight is 317 g/mol. The van der Waals surface area contributed by atoms with Crippen LogP contribution in [0.4, 0.5) is 0 Å². The first kappa shape index (κ1) is 19.5. The van der Waals surface area contributed by atoms with E-state index in [0.29, 0.717) is 30.2 Å². The highest BCUT2D eigenvalue weighted by atomic mass is 35.5. The highest BCUT2D eigenvalue weighted by molar-refractivity contribution is 5.94. The van der Waals surface area contributed by atoms with Gasteiger partial charge in [-0.05, 0) is 31.7 Å². The Bertz CT molecular complexity index is 427. The number of hydrogen-bond donors (Lipinski definition) is 2. The lowest BCUT2D eigenvalue weighted by Gasteiger charge is -2.12. The van der Waals surface area contributed by atoms with Crippen molar-refractivity contribution in [2.45, 2.75) is 19.8 Å². The van der Waals surface area contributed by atoms with E-state index in [4.69, 9.17) is 9.47 Å². The maximum Gasteiger partial charge on any atom is 0.251 e. The van der Waals surface area contributed by atoms with E-state index in [0.717, 1.165) is 19.4 Å². The van der Waals surface area contributed by atoms with E-state index in [9.17, 15) is 4.79 Å². The van der Waals surface area contributed by atoms with Crippen LogP contribution in [-0.2, 0) is 0 Å². The molecule has 0 fully saturated rings.